The predicted octanol–water partition coefficient (Wildman–Crippen LogP) is 3.77. The van der Waals surface area contributed by atoms with Gasteiger partial charge in [-0.1, -0.05) is 12.1 Å². The number of carbonyl (C=O) groups is 1. The fraction of sp³-hybridized carbons (Fsp3) is 0.250. The van der Waals surface area contributed by atoms with Crippen molar-refractivity contribution in [1.82, 2.24) is 20.1 Å². The van der Waals surface area contributed by atoms with Crippen molar-refractivity contribution in [3.63, 3.8) is 0 Å². The maximum atomic E-state index is 12.3. The van der Waals surface area contributed by atoms with Gasteiger partial charge in [0, 0.05) is 18.3 Å². The van der Waals surface area contributed by atoms with E-state index in [9.17, 15) is 4.79 Å². The van der Waals surface area contributed by atoms with Crippen molar-refractivity contribution in [2.45, 2.75) is 26.8 Å². The van der Waals surface area contributed by atoms with Crippen LogP contribution in [0.4, 0.5) is 0 Å². The summed E-state index contributed by atoms with van der Waals surface area (Å²) in [5.74, 6) is 1.38. The molecule has 0 spiro atoms. The zero-order chi connectivity index (χ0) is 19.0. The van der Waals surface area contributed by atoms with Crippen LogP contribution in [0.5, 0.6) is 0 Å². The number of amides is 1. The Morgan fingerprint density at radius 1 is 1.22 bits per heavy atom. The van der Waals surface area contributed by atoms with Crippen LogP contribution in [0.2, 0.25) is 0 Å². The molecule has 4 rings (SSSR count). The molecule has 0 saturated carbocycles. The number of hydrogen-bond donors (Lipinski definition) is 1. The number of aromatic nitrogens is 3. The molecule has 1 aromatic carbocycles. The van der Waals surface area contributed by atoms with E-state index < -0.39 is 0 Å². The first-order valence-corrected chi connectivity index (χ1v) is 9.53. The van der Waals surface area contributed by atoms with Gasteiger partial charge in [-0.05, 0) is 38.1 Å². The Morgan fingerprint density at radius 3 is 2.78 bits per heavy atom. The average molecular weight is 380 g/mol. The van der Waals surface area contributed by atoms with Crippen molar-refractivity contribution in [1.29, 1.82) is 0 Å². The Kier molecular flexibility index (Phi) is 4.53. The van der Waals surface area contributed by atoms with Crippen LogP contribution in [0.15, 0.2) is 40.8 Å². The minimum Gasteiger partial charge on any atom is -0.457 e. The summed E-state index contributed by atoms with van der Waals surface area (Å²) in [6.07, 6.45) is 0.316. The van der Waals surface area contributed by atoms with E-state index >= 15 is 0 Å². The Balaban J connectivity index is 1.41. The highest BCUT2D eigenvalue weighted by molar-refractivity contribution is 7.21. The quantitative estimate of drug-likeness (QED) is 0.572. The van der Waals surface area contributed by atoms with Gasteiger partial charge in [0.2, 0.25) is 5.91 Å². The number of thiazole rings is 1. The van der Waals surface area contributed by atoms with E-state index in [0.717, 1.165) is 37.9 Å². The van der Waals surface area contributed by atoms with E-state index in [1.807, 2.05) is 57.3 Å². The first-order valence-electron chi connectivity index (χ1n) is 8.71. The SMILES string of the molecule is Cc1nn(C)c(C)c1CC(=O)NCc1ccc(-c2nc3ccccc3s2)o1. The second-order valence-corrected chi connectivity index (χ2v) is 7.51. The lowest BCUT2D eigenvalue weighted by Gasteiger charge is -2.04. The normalized spacial score (nSPS) is 11.2. The summed E-state index contributed by atoms with van der Waals surface area (Å²) in [7, 11) is 1.89. The molecule has 3 heterocycles. The molecule has 0 saturated heterocycles. The van der Waals surface area contributed by atoms with Crippen LogP contribution in [0.3, 0.4) is 0 Å². The van der Waals surface area contributed by atoms with Crippen molar-refractivity contribution in [2.75, 3.05) is 0 Å². The third-order valence-corrected chi connectivity index (χ3v) is 5.67. The fourth-order valence-electron chi connectivity index (χ4n) is 3.05. The molecule has 0 radical (unpaired) electrons. The van der Waals surface area contributed by atoms with Crippen LogP contribution in [-0.2, 0) is 24.8 Å². The zero-order valence-corrected chi connectivity index (χ0v) is 16.3. The molecule has 0 atom stereocenters. The summed E-state index contributed by atoms with van der Waals surface area (Å²) in [4.78, 5) is 16.9. The lowest BCUT2D eigenvalue weighted by molar-refractivity contribution is -0.120. The second-order valence-electron chi connectivity index (χ2n) is 6.48. The molecule has 1 N–H and O–H groups in total. The molecule has 7 heteroatoms. The molecule has 0 aliphatic rings. The monoisotopic (exact) mass is 380 g/mol. The Labute approximate surface area is 160 Å². The Morgan fingerprint density at radius 2 is 2.04 bits per heavy atom. The molecule has 0 unspecified atom stereocenters. The number of rotatable bonds is 5. The number of nitrogens with one attached hydrogen (secondary N) is 1. The molecule has 1 amide bonds. The summed E-state index contributed by atoms with van der Waals surface area (Å²) in [6, 6.07) is 11.8. The minimum absolute atomic E-state index is 0.0489. The maximum Gasteiger partial charge on any atom is 0.224 e. The van der Waals surface area contributed by atoms with Gasteiger partial charge in [0.05, 0.1) is 28.9 Å². The van der Waals surface area contributed by atoms with Crippen LogP contribution in [-0.4, -0.2) is 20.7 Å². The molecule has 138 valence electrons. The van der Waals surface area contributed by atoms with Gasteiger partial charge in [-0.25, -0.2) is 4.98 Å². The van der Waals surface area contributed by atoms with Crippen molar-refractivity contribution in [3.05, 3.63) is 59.1 Å². The van der Waals surface area contributed by atoms with Crippen molar-refractivity contribution in [2.24, 2.45) is 7.05 Å². The van der Waals surface area contributed by atoms with Gasteiger partial charge < -0.3 is 9.73 Å². The molecule has 4 aromatic rings. The second kappa shape index (κ2) is 7.00. The van der Waals surface area contributed by atoms with E-state index in [1.165, 1.54) is 0 Å². The molecule has 0 aliphatic carbocycles. The molecule has 3 aromatic heterocycles. The van der Waals surface area contributed by atoms with Gasteiger partial charge in [-0.3, -0.25) is 9.48 Å². The highest BCUT2D eigenvalue weighted by Gasteiger charge is 2.14. The Hall–Kier alpha value is -2.93. The van der Waals surface area contributed by atoms with E-state index in [1.54, 1.807) is 16.0 Å². The minimum atomic E-state index is -0.0489. The van der Waals surface area contributed by atoms with Crippen LogP contribution in [0.1, 0.15) is 22.7 Å². The molecular weight excluding hydrogens is 360 g/mol. The largest absolute Gasteiger partial charge is 0.457 e. The van der Waals surface area contributed by atoms with Gasteiger partial charge >= 0.3 is 0 Å². The number of furan rings is 1. The first kappa shape index (κ1) is 17.5. The fourth-order valence-corrected chi connectivity index (χ4v) is 3.97. The summed E-state index contributed by atoms with van der Waals surface area (Å²) in [6.45, 7) is 4.24. The molecule has 27 heavy (non-hydrogen) atoms. The summed E-state index contributed by atoms with van der Waals surface area (Å²) >= 11 is 1.59. The number of nitrogens with zero attached hydrogens (tertiary/aromatic N) is 3. The van der Waals surface area contributed by atoms with Gasteiger partial charge in [0.15, 0.2) is 10.8 Å². The Bertz CT molecular complexity index is 1090. The van der Waals surface area contributed by atoms with Crippen molar-refractivity contribution in [3.8, 4) is 10.8 Å². The standard InChI is InChI=1S/C20H20N4O2S/c1-12-15(13(2)24(3)23-12)10-19(25)21-11-14-8-9-17(26-14)20-22-16-6-4-5-7-18(16)27-20/h4-9H,10-11H2,1-3H3,(H,21,25). The number of benzene rings is 1. The number of carbonyl (C=O) groups excluding carboxylic acids is 1. The number of fused-ring (bicyclic) bond motifs is 1. The lowest BCUT2D eigenvalue weighted by Crippen LogP contribution is -2.24. The molecule has 6 nitrogen and oxygen atoms in total. The molecule has 0 bridgehead atoms. The van der Waals surface area contributed by atoms with E-state index in [4.69, 9.17) is 4.42 Å². The van der Waals surface area contributed by atoms with E-state index in [-0.39, 0.29) is 5.91 Å². The van der Waals surface area contributed by atoms with Gasteiger partial charge in [-0.15, -0.1) is 11.3 Å². The third-order valence-electron chi connectivity index (χ3n) is 4.62. The number of hydrogen-bond acceptors (Lipinski definition) is 5. The highest BCUT2D eigenvalue weighted by Crippen LogP contribution is 2.31. The van der Waals surface area contributed by atoms with E-state index in [2.05, 4.69) is 15.4 Å². The topological polar surface area (TPSA) is 73.0 Å². The van der Waals surface area contributed by atoms with Crippen LogP contribution in [0.25, 0.3) is 21.0 Å². The van der Waals surface area contributed by atoms with Crippen molar-refractivity contribution >= 4 is 27.5 Å². The number of para-hydroxylation sites is 1. The van der Waals surface area contributed by atoms with Gasteiger partial charge in [0.1, 0.15) is 5.76 Å². The highest BCUT2D eigenvalue weighted by atomic mass is 32.1. The predicted molar refractivity (Wildman–Crippen MR) is 106 cm³/mol. The van der Waals surface area contributed by atoms with Crippen LogP contribution in [0, 0.1) is 13.8 Å². The van der Waals surface area contributed by atoms with E-state index in [0.29, 0.717) is 18.7 Å². The summed E-state index contributed by atoms with van der Waals surface area (Å²) in [5, 5.41) is 8.11. The third kappa shape index (κ3) is 3.50. The van der Waals surface area contributed by atoms with Crippen molar-refractivity contribution < 1.29 is 9.21 Å². The summed E-state index contributed by atoms with van der Waals surface area (Å²) < 4.78 is 8.79. The van der Waals surface area contributed by atoms with Gasteiger partial charge in [0.25, 0.3) is 0 Å². The molecule has 0 aliphatic heterocycles. The van der Waals surface area contributed by atoms with Gasteiger partial charge in [-0.2, -0.15) is 5.10 Å². The first-order chi connectivity index (χ1) is 13.0. The average Bonchev–Trinajstić information content (AvgIpc) is 3.34. The summed E-state index contributed by atoms with van der Waals surface area (Å²) in [5.41, 5.74) is 3.84. The van der Waals surface area contributed by atoms with Crippen LogP contribution < -0.4 is 5.32 Å². The molecule has 0 fully saturated rings. The number of aryl methyl sites for hydroxylation is 2. The molecular formula is C20H20N4O2S. The lowest BCUT2D eigenvalue weighted by atomic mass is 10.1. The smallest absolute Gasteiger partial charge is 0.224 e. The zero-order valence-electron chi connectivity index (χ0n) is 15.4. The maximum absolute atomic E-state index is 12.3. The van der Waals surface area contributed by atoms with Crippen LogP contribution >= 0.6 is 11.3 Å².